The molecule has 2 aromatic heterocycles. The van der Waals surface area contributed by atoms with Crippen molar-refractivity contribution in [2.24, 2.45) is 0 Å². The lowest BCUT2D eigenvalue weighted by Crippen LogP contribution is -3.00. The molecule has 0 fully saturated rings. The number of nitrogens with one attached hydrogen (secondary N) is 2. The van der Waals surface area contributed by atoms with Gasteiger partial charge in [0.2, 0.25) is 11.0 Å². The van der Waals surface area contributed by atoms with Crippen LogP contribution in [0.4, 0.5) is 11.4 Å². The molecule has 0 bridgehead atoms. The maximum absolute atomic E-state index is 5.74. The molecule has 4 rings (SSSR count). The number of anilines is 2. The maximum atomic E-state index is 5.74. The van der Waals surface area contributed by atoms with Crippen LogP contribution in [0.2, 0.25) is 0 Å². The summed E-state index contributed by atoms with van der Waals surface area (Å²) < 4.78 is 0. The van der Waals surface area contributed by atoms with Gasteiger partial charge in [0.1, 0.15) is 0 Å². The van der Waals surface area contributed by atoms with E-state index in [1.54, 1.807) is 0 Å². The van der Waals surface area contributed by atoms with Gasteiger partial charge in [-0.3, -0.25) is 0 Å². The molecule has 0 aliphatic heterocycles. The Labute approximate surface area is 166 Å². The average molecular weight is 468 g/mol. The second-order valence-electron chi connectivity index (χ2n) is 4.96. The van der Waals surface area contributed by atoms with E-state index in [1.165, 1.54) is 0 Å². The molecule has 0 aliphatic rings. The topological polar surface area (TPSA) is 112 Å². The number of aromatic amines is 2. The quantitative estimate of drug-likeness (QED) is 0.272. The fourth-order valence-corrected chi connectivity index (χ4v) is 2.34. The Kier molecular flexibility index (Phi) is 9.66. The highest BCUT2D eigenvalue weighted by Crippen LogP contribution is 2.15. The summed E-state index contributed by atoms with van der Waals surface area (Å²) in [5.41, 5.74) is 15.3. The van der Waals surface area contributed by atoms with Gasteiger partial charge in [-0.25, -0.2) is 9.97 Å². The van der Waals surface area contributed by atoms with Crippen LogP contribution < -0.4 is 55.4 Å². The van der Waals surface area contributed by atoms with E-state index < -0.39 is 0 Å². The number of benzene rings is 2. The van der Waals surface area contributed by atoms with Crippen molar-refractivity contribution in [3.63, 3.8) is 0 Å². The van der Waals surface area contributed by atoms with Gasteiger partial charge in [0, 0.05) is 24.3 Å². The molecular weight excluding hydrogens is 448 g/mol. The van der Waals surface area contributed by atoms with Crippen molar-refractivity contribution in [3.8, 4) is 0 Å². The highest BCUT2D eigenvalue weighted by Gasteiger charge is 2.00. The summed E-state index contributed by atoms with van der Waals surface area (Å²) in [6.07, 6.45) is 3.69. The van der Waals surface area contributed by atoms with Gasteiger partial charge < -0.3 is 50.9 Å². The number of halogens is 2. The summed E-state index contributed by atoms with van der Waals surface area (Å²) >= 11 is 0. The first kappa shape index (κ1) is 22.8. The van der Waals surface area contributed by atoms with Crippen LogP contribution in [0.5, 0.6) is 0 Å². The molecule has 2 aromatic carbocycles. The van der Waals surface area contributed by atoms with Crippen LogP contribution in [0.15, 0.2) is 73.1 Å². The van der Waals surface area contributed by atoms with Gasteiger partial charge in [-0.15, -0.1) is 0 Å². The third-order valence-electron chi connectivity index (χ3n) is 3.48. The lowest BCUT2D eigenvalue weighted by Gasteiger charge is -1.93. The first-order chi connectivity index (χ1) is 10.8. The van der Waals surface area contributed by atoms with Crippen molar-refractivity contribution in [3.05, 3.63) is 73.1 Å². The van der Waals surface area contributed by atoms with Gasteiger partial charge in [0.25, 0.3) is 0 Å². The number of fused-ring (bicyclic) bond motifs is 2. The fourth-order valence-electron chi connectivity index (χ4n) is 2.34. The molecule has 0 saturated heterocycles. The summed E-state index contributed by atoms with van der Waals surface area (Å²) in [6.45, 7) is 0. The van der Waals surface area contributed by atoms with Gasteiger partial charge in [-0.1, -0.05) is 24.3 Å². The Morgan fingerprint density at radius 2 is 0.920 bits per heavy atom. The van der Waals surface area contributed by atoms with E-state index >= 15 is 0 Å². The van der Waals surface area contributed by atoms with E-state index in [-0.39, 0.29) is 39.4 Å². The standard InChI is InChI=1S/2C9H8N2.2BrH.H2O/c2*10-8-5-6-11-9-4-2-1-3-7(8)9;;;/h2*1-6H,(H2,10,11);2*1H;1H2. The van der Waals surface area contributed by atoms with Crippen LogP contribution in [0.3, 0.4) is 0 Å². The minimum atomic E-state index is 0. The number of para-hydroxylation sites is 2. The fraction of sp³-hybridized carbons (Fsp3) is 0. The normalized spacial score (nSPS) is 8.96. The number of H-pyrrole nitrogens is 2. The Bertz CT molecular complexity index is 847. The Morgan fingerprint density at radius 1 is 0.560 bits per heavy atom. The number of pyridine rings is 2. The van der Waals surface area contributed by atoms with Crippen molar-refractivity contribution in [2.75, 3.05) is 11.5 Å². The van der Waals surface area contributed by atoms with Crippen molar-refractivity contribution in [1.29, 1.82) is 0 Å². The largest absolute Gasteiger partial charge is 1.00 e. The maximum Gasteiger partial charge on any atom is 0.212 e. The van der Waals surface area contributed by atoms with Crippen molar-refractivity contribution < 1.29 is 49.4 Å². The third kappa shape index (κ3) is 5.38. The predicted molar refractivity (Wildman–Crippen MR) is 93.4 cm³/mol. The molecule has 0 atom stereocenters. The van der Waals surface area contributed by atoms with Crippen LogP contribution >= 0.6 is 0 Å². The van der Waals surface area contributed by atoms with Crippen molar-refractivity contribution in [1.82, 2.24) is 0 Å². The molecule has 8 N–H and O–H groups in total. The zero-order valence-electron chi connectivity index (χ0n) is 13.3. The molecule has 0 spiro atoms. The molecule has 25 heavy (non-hydrogen) atoms. The predicted octanol–water partition coefficient (Wildman–Crippen LogP) is -4.34. The minimum absolute atomic E-state index is 0. The molecule has 5 nitrogen and oxygen atoms in total. The molecule has 4 aromatic rings. The number of nitrogen functional groups attached to an aromatic ring is 2. The summed E-state index contributed by atoms with van der Waals surface area (Å²) in [5.74, 6) is 0. The van der Waals surface area contributed by atoms with Crippen LogP contribution in [0.25, 0.3) is 21.8 Å². The summed E-state index contributed by atoms with van der Waals surface area (Å²) in [4.78, 5) is 6.22. The van der Waals surface area contributed by atoms with Gasteiger partial charge in [-0.2, -0.15) is 0 Å². The Balaban J connectivity index is 0.000000411. The number of hydrogen-bond donors (Lipinski definition) is 2. The molecule has 0 unspecified atom stereocenters. The summed E-state index contributed by atoms with van der Waals surface area (Å²) in [6, 6.07) is 19.7. The lowest BCUT2D eigenvalue weighted by atomic mass is 10.2. The van der Waals surface area contributed by atoms with Crippen molar-refractivity contribution in [2.45, 2.75) is 0 Å². The highest BCUT2D eigenvalue weighted by atomic mass is 79.9. The van der Waals surface area contributed by atoms with Crippen LogP contribution in [-0.4, -0.2) is 5.48 Å². The highest BCUT2D eigenvalue weighted by molar-refractivity contribution is 5.87. The molecule has 0 radical (unpaired) electrons. The summed E-state index contributed by atoms with van der Waals surface area (Å²) in [7, 11) is 0. The zero-order valence-corrected chi connectivity index (χ0v) is 16.5. The molecule has 0 aliphatic carbocycles. The average Bonchev–Trinajstić information content (AvgIpc) is 2.57. The monoisotopic (exact) mass is 466 g/mol. The molecule has 0 amide bonds. The molecular formula is C18H20Br2N4O. The van der Waals surface area contributed by atoms with Gasteiger partial charge in [0.15, 0.2) is 12.4 Å². The van der Waals surface area contributed by atoms with E-state index in [0.717, 1.165) is 33.2 Å². The van der Waals surface area contributed by atoms with E-state index in [2.05, 4.69) is 9.97 Å². The third-order valence-corrected chi connectivity index (χ3v) is 3.48. The van der Waals surface area contributed by atoms with Crippen LogP contribution in [-0.2, 0) is 0 Å². The Morgan fingerprint density at radius 3 is 1.28 bits per heavy atom. The van der Waals surface area contributed by atoms with E-state index in [4.69, 9.17) is 11.5 Å². The van der Waals surface area contributed by atoms with E-state index in [1.807, 2.05) is 73.1 Å². The van der Waals surface area contributed by atoms with Gasteiger partial charge in [0.05, 0.1) is 22.1 Å². The number of hydrogen-bond acceptors (Lipinski definition) is 2. The molecule has 132 valence electrons. The zero-order chi connectivity index (χ0) is 15.4. The van der Waals surface area contributed by atoms with Gasteiger partial charge in [-0.05, 0) is 12.1 Å². The minimum Gasteiger partial charge on any atom is -1.00 e. The first-order valence-electron chi connectivity index (χ1n) is 7.05. The van der Waals surface area contributed by atoms with Crippen LogP contribution in [0.1, 0.15) is 0 Å². The van der Waals surface area contributed by atoms with Crippen LogP contribution in [0, 0.1) is 0 Å². The first-order valence-corrected chi connectivity index (χ1v) is 7.05. The Hall–Kier alpha value is -2.22. The molecule has 2 heterocycles. The lowest BCUT2D eigenvalue weighted by molar-refractivity contribution is -0.344. The second kappa shape index (κ2) is 10.6. The molecule has 7 heteroatoms. The molecule has 0 saturated carbocycles. The van der Waals surface area contributed by atoms with E-state index in [0.29, 0.717) is 0 Å². The summed E-state index contributed by atoms with van der Waals surface area (Å²) in [5, 5.41) is 2.16. The van der Waals surface area contributed by atoms with E-state index in [9.17, 15) is 0 Å². The number of nitrogens with two attached hydrogens (primary N) is 2. The smallest absolute Gasteiger partial charge is 0.212 e. The van der Waals surface area contributed by atoms with Crippen molar-refractivity contribution >= 4 is 33.2 Å². The van der Waals surface area contributed by atoms with Gasteiger partial charge >= 0.3 is 0 Å². The number of aromatic nitrogens is 2. The second-order valence-corrected chi connectivity index (χ2v) is 4.96. The SMILES string of the molecule is Nc1cc[nH+]c2ccccc12.Nc1cc[nH+]c2ccccc12.O.[Br-].[Br-]. The number of rotatable bonds is 0.